The summed E-state index contributed by atoms with van der Waals surface area (Å²) < 4.78 is 15.3. The van der Waals surface area contributed by atoms with E-state index in [0.29, 0.717) is 79.4 Å². The van der Waals surface area contributed by atoms with E-state index in [1.54, 1.807) is 38.6 Å². The Kier molecular flexibility index (Phi) is 14.5. The van der Waals surface area contributed by atoms with E-state index in [1.807, 2.05) is 14.4 Å². The summed E-state index contributed by atoms with van der Waals surface area (Å²) in [6, 6.07) is 0. The number of carbonyl (C=O) groups excluding carboxylic acids is 2. The number of ether oxygens (including phenoxy) is 2. The number of amides is 2. The lowest BCUT2D eigenvalue weighted by Gasteiger charge is -2.35. The molecule has 4 saturated heterocycles. The van der Waals surface area contributed by atoms with Crippen molar-refractivity contribution in [2.75, 3.05) is 131 Å². The molecule has 0 spiro atoms. The van der Waals surface area contributed by atoms with Gasteiger partial charge in [-0.3, -0.25) is 18.7 Å². The summed E-state index contributed by atoms with van der Waals surface area (Å²) in [6.07, 6.45) is 11.5. The molecule has 5 N–H and O–H groups in total. The number of aromatic nitrogens is 12. The highest BCUT2D eigenvalue weighted by atomic mass is 35.5. The van der Waals surface area contributed by atoms with E-state index in [0.717, 1.165) is 118 Å². The molecule has 2 aliphatic carbocycles. The maximum absolute atomic E-state index is 11.9. The van der Waals surface area contributed by atoms with Crippen molar-refractivity contribution in [1.82, 2.24) is 74.1 Å². The minimum absolute atomic E-state index is 0.118. The van der Waals surface area contributed by atoms with Gasteiger partial charge in [0, 0.05) is 130 Å². The van der Waals surface area contributed by atoms with Crippen LogP contribution in [0.25, 0.3) is 45.1 Å². The largest absolute Gasteiger partial charge is 0.378 e. The van der Waals surface area contributed by atoms with Crippen molar-refractivity contribution in [2.24, 2.45) is 11.8 Å². The normalized spacial score (nSPS) is 18.5. The topological polar surface area (TPSA) is 272 Å². The smallest absolute Gasteiger partial charge is 0.219 e. The standard InChI is InChI=1S/C23H30N10O2.C17H19ClN8O.C6H12N2O/c1-15(34)30-4-6-32(7-5-30)23-27-18-20(31-8-10-35-11-9-31)28-19(17-12-25-22(24)26-13-17)29-21(18)33(23)14-16-2-3-16;18-16-22-12-14(25-3-5-27-6-4-25)23-13(11-7-20-17(19)21-8-11)24-15(12)26(16)9-10-1-2-10;1-6(9)8-4-2-7-3-5-8/h12-13,16H,2-11,14H2,1H3,(H2,24,25,26);7-8,10H,1-6,9H2,(H2,19,20,21);7H,2-5H2,1H3. The summed E-state index contributed by atoms with van der Waals surface area (Å²) in [7, 11) is 0. The van der Waals surface area contributed by atoms with Crippen LogP contribution in [-0.4, -0.2) is 186 Å². The van der Waals surface area contributed by atoms with Crippen LogP contribution in [-0.2, 0) is 32.2 Å². The van der Waals surface area contributed by atoms with E-state index in [9.17, 15) is 9.59 Å². The molecule has 2 amide bonds. The Morgan fingerprint density at radius 3 is 1.46 bits per heavy atom. The summed E-state index contributed by atoms with van der Waals surface area (Å²) in [4.78, 5) is 78.6. The monoisotopic (exact) mass is 992 g/mol. The third-order valence-corrected chi connectivity index (χ3v) is 13.7. The second kappa shape index (κ2) is 21.4. The highest BCUT2D eigenvalue weighted by Gasteiger charge is 2.32. The Bertz CT molecular complexity index is 2810. The zero-order valence-corrected chi connectivity index (χ0v) is 41.0. The van der Waals surface area contributed by atoms with Crippen molar-refractivity contribution >= 4 is 75.2 Å². The molecule has 0 aromatic carbocycles. The van der Waals surface area contributed by atoms with Crippen molar-refractivity contribution in [1.29, 1.82) is 0 Å². The van der Waals surface area contributed by atoms with Crippen LogP contribution in [0.4, 0.5) is 29.5 Å². The minimum atomic E-state index is 0.118. The van der Waals surface area contributed by atoms with Crippen LogP contribution in [0, 0.1) is 11.8 Å². The summed E-state index contributed by atoms with van der Waals surface area (Å²) in [5.74, 6) is 5.60. The predicted octanol–water partition coefficient (Wildman–Crippen LogP) is 1.98. The average molecular weight is 994 g/mol. The quantitative estimate of drug-likeness (QED) is 0.175. The molecular formula is C46H61ClN20O4. The summed E-state index contributed by atoms with van der Waals surface area (Å²) >= 11 is 6.47. The van der Waals surface area contributed by atoms with E-state index >= 15 is 0 Å². The van der Waals surface area contributed by atoms with E-state index in [1.165, 1.54) is 25.7 Å². The molecule has 4 aliphatic heterocycles. The number of anilines is 5. The van der Waals surface area contributed by atoms with Gasteiger partial charge < -0.3 is 50.8 Å². The molecule has 12 rings (SSSR count). The fourth-order valence-electron chi connectivity index (χ4n) is 8.98. The number of piperazine rings is 2. The van der Waals surface area contributed by atoms with Gasteiger partial charge in [0.05, 0.1) is 37.6 Å². The number of imidazole rings is 2. The van der Waals surface area contributed by atoms with Crippen LogP contribution in [0.15, 0.2) is 24.8 Å². The lowest BCUT2D eigenvalue weighted by molar-refractivity contribution is -0.130. The third-order valence-electron chi connectivity index (χ3n) is 13.4. The number of fused-ring (bicyclic) bond motifs is 2. The van der Waals surface area contributed by atoms with Crippen LogP contribution in [0.1, 0.15) is 39.5 Å². The number of nitrogens with zero attached hydrogens (tertiary/aromatic N) is 17. The maximum atomic E-state index is 11.9. The lowest BCUT2D eigenvalue weighted by Crippen LogP contribution is -2.48. The van der Waals surface area contributed by atoms with Gasteiger partial charge >= 0.3 is 0 Å². The van der Waals surface area contributed by atoms with E-state index in [4.69, 9.17) is 57.5 Å². The first-order chi connectivity index (χ1) is 34.6. The number of halogens is 1. The summed E-state index contributed by atoms with van der Waals surface area (Å²) in [5.41, 5.74) is 15.8. The highest BCUT2D eigenvalue weighted by molar-refractivity contribution is 6.29. The number of carbonyl (C=O) groups is 2. The van der Waals surface area contributed by atoms with Crippen LogP contribution in [0.3, 0.4) is 0 Å². The minimum Gasteiger partial charge on any atom is -0.378 e. The van der Waals surface area contributed by atoms with Crippen LogP contribution in [0.2, 0.25) is 5.28 Å². The molecule has 6 fully saturated rings. The Hall–Kier alpha value is -6.63. The number of nitrogen functional groups attached to an aromatic ring is 2. The number of rotatable bonds is 9. The van der Waals surface area contributed by atoms with Gasteiger partial charge in [-0.05, 0) is 49.1 Å². The van der Waals surface area contributed by atoms with Gasteiger partial charge in [-0.15, -0.1) is 0 Å². The van der Waals surface area contributed by atoms with Crippen molar-refractivity contribution in [3.8, 4) is 22.8 Å². The second-order valence-corrected chi connectivity index (χ2v) is 18.9. The molecule has 6 aromatic rings. The molecule has 25 heteroatoms. The summed E-state index contributed by atoms with van der Waals surface area (Å²) in [5, 5.41) is 3.63. The molecule has 0 radical (unpaired) electrons. The molecule has 0 bridgehead atoms. The van der Waals surface area contributed by atoms with E-state index < -0.39 is 0 Å². The van der Waals surface area contributed by atoms with Gasteiger partial charge in [0.1, 0.15) is 0 Å². The van der Waals surface area contributed by atoms with Crippen molar-refractivity contribution < 1.29 is 19.1 Å². The third kappa shape index (κ3) is 11.3. The molecule has 6 aromatic heterocycles. The SMILES string of the molecule is CC(=O)N1CCN(c2nc3c(N4CCOCC4)nc(-c4cnc(N)nc4)nc3n2CC2CC2)CC1.CC(=O)N1CCNCC1.Nc1ncc(-c2nc(N3CCOCC3)c3nc(Cl)n(CC4CC4)c3n2)cn1. The summed E-state index contributed by atoms with van der Waals surface area (Å²) in [6.45, 7) is 17.0. The number of hydrogen-bond donors (Lipinski definition) is 3. The van der Waals surface area contributed by atoms with Crippen molar-refractivity contribution in [3.05, 3.63) is 30.1 Å². The van der Waals surface area contributed by atoms with Crippen molar-refractivity contribution in [3.63, 3.8) is 0 Å². The van der Waals surface area contributed by atoms with Gasteiger partial charge in [-0.2, -0.15) is 0 Å². The molecule has 0 atom stereocenters. The van der Waals surface area contributed by atoms with Gasteiger partial charge in [-0.1, -0.05) is 0 Å². The number of hydrogen-bond acceptors (Lipinski definition) is 20. The molecule has 24 nitrogen and oxygen atoms in total. The second-order valence-electron chi connectivity index (χ2n) is 18.6. The Morgan fingerprint density at radius 2 is 1.01 bits per heavy atom. The average Bonchev–Trinajstić information content (AvgIpc) is 4.35. The Balaban J connectivity index is 0.000000143. The van der Waals surface area contributed by atoms with Gasteiger partial charge in [0.2, 0.25) is 34.9 Å². The highest BCUT2D eigenvalue weighted by Crippen LogP contribution is 2.38. The first kappa shape index (κ1) is 48.0. The molecule has 10 heterocycles. The number of nitrogens with one attached hydrogen (secondary N) is 1. The molecule has 71 heavy (non-hydrogen) atoms. The molecule has 0 unspecified atom stereocenters. The van der Waals surface area contributed by atoms with Gasteiger partial charge in [0.25, 0.3) is 0 Å². The van der Waals surface area contributed by atoms with Gasteiger partial charge in [0.15, 0.2) is 45.6 Å². The molecule has 6 aliphatic rings. The van der Waals surface area contributed by atoms with Gasteiger partial charge in [-0.25, -0.2) is 49.8 Å². The van der Waals surface area contributed by atoms with E-state index in [2.05, 4.69) is 49.5 Å². The fourth-order valence-corrected chi connectivity index (χ4v) is 9.21. The van der Waals surface area contributed by atoms with E-state index in [-0.39, 0.29) is 23.7 Å². The first-order valence-electron chi connectivity index (χ1n) is 24.6. The number of morpholine rings is 2. The van der Waals surface area contributed by atoms with Crippen LogP contribution >= 0.6 is 11.6 Å². The zero-order chi connectivity index (χ0) is 49.0. The molecule has 2 saturated carbocycles. The predicted molar refractivity (Wildman–Crippen MR) is 268 cm³/mol. The lowest BCUT2D eigenvalue weighted by atomic mass is 10.3. The maximum Gasteiger partial charge on any atom is 0.219 e. The number of nitrogens with two attached hydrogens (primary N) is 2. The van der Waals surface area contributed by atoms with Crippen molar-refractivity contribution in [2.45, 2.75) is 52.6 Å². The molecular weight excluding hydrogens is 932 g/mol. The van der Waals surface area contributed by atoms with Crippen LogP contribution < -0.4 is 31.5 Å². The zero-order valence-electron chi connectivity index (χ0n) is 40.3. The molecule has 376 valence electrons. The fraction of sp³-hybridized carbons (Fsp3) is 0.565. The van der Waals surface area contributed by atoms with Crippen LogP contribution in [0.5, 0.6) is 0 Å². The Morgan fingerprint density at radius 1 is 0.577 bits per heavy atom. The Labute approximate surface area is 415 Å². The first-order valence-corrected chi connectivity index (χ1v) is 24.9.